The number of esters is 1. The maximum absolute atomic E-state index is 12.6. The molecule has 0 radical (unpaired) electrons. The first kappa shape index (κ1) is 19.3. The summed E-state index contributed by atoms with van der Waals surface area (Å²) in [6.45, 7) is 5.31. The molecule has 2 heterocycles. The second kappa shape index (κ2) is 8.04. The summed E-state index contributed by atoms with van der Waals surface area (Å²) in [6, 6.07) is 1.40. The Labute approximate surface area is 161 Å². The molecule has 1 N–H and O–H groups in total. The Balaban J connectivity index is 1.87. The minimum atomic E-state index is -0.405. The van der Waals surface area contributed by atoms with E-state index >= 15 is 0 Å². The first-order chi connectivity index (χ1) is 12.9. The molecule has 1 aliphatic carbocycles. The average molecular weight is 389 g/mol. The smallest absolute Gasteiger partial charge is 0.341 e. The van der Waals surface area contributed by atoms with Gasteiger partial charge in [-0.1, -0.05) is 0 Å². The average Bonchev–Trinajstić information content (AvgIpc) is 2.96. The molecule has 8 heteroatoms. The summed E-state index contributed by atoms with van der Waals surface area (Å²) in [7, 11) is 0. The van der Waals surface area contributed by atoms with Gasteiger partial charge >= 0.3 is 5.97 Å². The highest BCUT2D eigenvalue weighted by atomic mass is 32.1. The highest BCUT2D eigenvalue weighted by molar-refractivity contribution is 7.17. The minimum absolute atomic E-state index is 0.150. The number of hydrogen-bond donors (Lipinski definition) is 1. The van der Waals surface area contributed by atoms with E-state index < -0.39 is 5.97 Å². The third-order valence-corrected chi connectivity index (χ3v) is 5.74. The SMILES string of the molecule is CCOC(=O)c1c(NC(=O)Cn2c(C)nc(C)cc2=O)sc2c1CCCC2. The predicted molar refractivity (Wildman–Crippen MR) is 104 cm³/mol. The van der Waals surface area contributed by atoms with E-state index in [1.165, 1.54) is 22.0 Å². The number of nitrogens with one attached hydrogen (secondary N) is 1. The molecule has 2 aromatic rings. The van der Waals surface area contributed by atoms with Gasteiger partial charge in [0.05, 0.1) is 12.2 Å². The van der Waals surface area contributed by atoms with Gasteiger partial charge in [0.15, 0.2) is 0 Å². The molecule has 1 amide bonds. The maximum atomic E-state index is 12.6. The Kier molecular flexibility index (Phi) is 5.74. The zero-order valence-corrected chi connectivity index (χ0v) is 16.6. The number of fused-ring (bicyclic) bond motifs is 1. The molecule has 0 aromatic carbocycles. The van der Waals surface area contributed by atoms with Crippen molar-refractivity contribution in [3.63, 3.8) is 0 Å². The number of ether oxygens (including phenoxy) is 1. The van der Waals surface area contributed by atoms with E-state index in [-0.39, 0.29) is 24.6 Å². The first-order valence-corrected chi connectivity index (χ1v) is 9.89. The van der Waals surface area contributed by atoms with Gasteiger partial charge in [0.25, 0.3) is 5.56 Å². The van der Waals surface area contributed by atoms with Gasteiger partial charge in [0.2, 0.25) is 5.91 Å². The number of aryl methyl sites for hydroxylation is 3. The van der Waals surface area contributed by atoms with Gasteiger partial charge in [-0.2, -0.15) is 0 Å². The van der Waals surface area contributed by atoms with Crippen LogP contribution in [-0.2, 0) is 28.9 Å². The van der Waals surface area contributed by atoms with Crippen LogP contribution in [0.5, 0.6) is 0 Å². The molecule has 0 fully saturated rings. The summed E-state index contributed by atoms with van der Waals surface area (Å²) in [4.78, 5) is 42.5. The van der Waals surface area contributed by atoms with E-state index in [0.717, 1.165) is 36.1 Å². The molecule has 3 rings (SSSR count). The fourth-order valence-electron chi connectivity index (χ4n) is 3.34. The number of nitrogens with zero attached hydrogens (tertiary/aromatic N) is 2. The van der Waals surface area contributed by atoms with Crippen LogP contribution in [0.1, 0.15) is 52.1 Å². The standard InChI is InChI=1S/C19H23N3O4S/c1-4-26-19(25)17-13-7-5-6-8-14(13)27-18(17)21-15(23)10-22-12(3)20-11(2)9-16(22)24/h9H,4-8,10H2,1-3H3,(H,21,23). The van der Waals surface area contributed by atoms with Gasteiger partial charge < -0.3 is 10.1 Å². The highest BCUT2D eigenvalue weighted by Gasteiger charge is 2.27. The van der Waals surface area contributed by atoms with E-state index in [0.29, 0.717) is 22.1 Å². The molecule has 0 atom stereocenters. The van der Waals surface area contributed by atoms with Gasteiger partial charge in [0.1, 0.15) is 17.4 Å². The number of thiophene rings is 1. The second-order valence-corrected chi connectivity index (χ2v) is 7.66. The number of amides is 1. The summed E-state index contributed by atoms with van der Waals surface area (Å²) in [5.74, 6) is -0.293. The van der Waals surface area contributed by atoms with Crippen LogP contribution in [0.3, 0.4) is 0 Å². The molecule has 0 bridgehead atoms. The molecular formula is C19H23N3O4S. The Morgan fingerprint density at radius 3 is 2.74 bits per heavy atom. The van der Waals surface area contributed by atoms with Crippen LogP contribution < -0.4 is 10.9 Å². The second-order valence-electron chi connectivity index (χ2n) is 6.55. The zero-order valence-electron chi connectivity index (χ0n) is 15.8. The lowest BCUT2D eigenvalue weighted by molar-refractivity contribution is -0.116. The van der Waals surface area contributed by atoms with Crippen LogP contribution >= 0.6 is 11.3 Å². The molecule has 144 valence electrons. The number of carbonyl (C=O) groups excluding carboxylic acids is 2. The molecular weight excluding hydrogens is 366 g/mol. The monoisotopic (exact) mass is 389 g/mol. The van der Waals surface area contributed by atoms with Crippen LogP contribution in [0.4, 0.5) is 5.00 Å². The van der Waals surface area contributed by atoms with Gasteiger partial charge in [-0.25, -0.2) is 9.78 Å². The van der Waals surface area contributed by atoms with Crippen molar-refractivity contribution in [3.05, 3.63) is 43.9 Å². The maximum Gasteiger partial charge on any atom is 0.341 e. The van der Waals surface area contributed by atoms with Crippen molar-refractivity contribution in [1.29, 1.82) is 0 Å². The molecule has 7 nitrogen and oxygen atoms in total. The summed E-state index contributed by atoms with van der Waals surface area (Å²) in [5, 5.41) is 3.33. The first-order valence-electron chi connectivity index (χ1n) is 9.07. The van der Waals surface area contributed by atoms with Crippen molar-refractivity contribution < 1.29 is 14.3 Å². The van der Waals surface area contributed by atoms with Gasteiger partial charge in [-0.05, 0) is 52.0 Å². The number of rotatable bonds is 5. The highest BCUT2D eigenvalue weighted by Crippen LogP contribution is 2.38. The lowest BCUT2D eigenvalue weighted by Gasteiger charge is -2.12. The predicted octanol–water partition coefficient (Wildman–Crippen LogP) is 2.62. The Morgan fingerprint density at radius 1 is 1.30 bits per heavy atom. The van der Waals surface area contributed by atoms with Crippen molar-refractivity contribution in [1.82, 2.24) is 9.55 Å². The molecule has 1 aliphatic rings. The minimum Gasteiger partial charge on any atom is -0.462 e. The van der Waals surface area contributed by atoms with Crippen molar-refractivity contribution in [2.24, 2.45) is 0 Å². The lowest BCUT2D eigenvalue weighted by atomic mass is 9.95. The molecule has 2 aromatic heterocycles. The number of carbonyl (C=O) groups is 2. The van der Waals surface area contributed by atoms with Gasteiger partial charge in [-0.15, -0.1) is 11.3 Å². The fraction of sp³-hybridized carbons (Fsp3) is 0.474. The Bertz CT molecular complexity index is 945. The summed E-state index contributed by atoms with van der Waals surface area (Å²) >= 11 is 1.43. The summed E-state index contributed by atoms with van der Waals surface area (Å²) in [5.41, 5.74) is 1.80. The van der Waals surface area contributed by atoms with E-state index in [4.69, 9.17) is 4.74 Å². The fourth-order valence-corrected chi connectivity index (χ4v) is 4.63. The molecule has 0 saturated heterocycles. The van der Waals surface area contributed by atoms with Crippen LogP contribution in [0, 0.1) is 13.8 Å². The normalized spacial score (nSPS) is 13.1. The van der Waals surface area contributed by atoms with Gasteiger partial charge in [0, 0.05) is 16.6 Å². The van der Waals surface area contributed by atoms with Crippen LogP contribution in [0.15, 0.2) is 10.9 Å². The Morgan fingerprint density at radius 2 is 2.04 bits per heavy atom. The van der Waals surface area contributed by atoms with Crippen molar-refractivity contribution in [2.45, 2.75) is 53.0 Å². The Hall–Kier alpha value is -2.48. The van der Waals surface area contributed by atoms with E-state index in [1.54, 1.807) is 20.8 Å². The van der Waals surface area contributed by atoms with Crippen LogP contribution in [-0.4, -0.2) is 28.0 Å². The molecule has 0 unspecified atom stereocenters. The summed E-state index contributed by atoms with van der Waals surface area (Å²) in [6.07, 6.45) is 3.82. The van der Waals surface area contributed by atoms with E-state index in [9.17, 15) is 14.4 Å². The number of hydrogen-bond acceptors (Lipinski definition) is 6. The van der Waals surface area contributed by atoms with Crippen molar-refractivity contribution in [3.8, 4) is 0 Å². The topological polar surface area (TPSA) is 90.3 Å². The largest absolute Gasteiger partial charge is 0.462 e. The van der Waals surface area contributed by atoms with E-state index in [2.05, 4.69) is 10.3 Å². The zero-order chi connectivity index (χ0) is 19.6. The quantitative estimate of drug-likeness (QED) is 0.794. The van der Waals surface area contributed by atoms with Crippen molar-refractivity contribution in [2.75, 3.05) is 11.9 Å². The third-order valence-electron chi connectivity index (χ3n) is 4.53. The third kappa shape index (κ3) is 4.10. The van der Waals surface area contributed by atoms with Crippen LogP contribution in [0.2, 0.25) is 0 Å². The molecule has 0 spiro atoms. The molecule has 27 heavy (non-hydrogen) atoms. The van der Waals surface area contributed by atoms with Gasteiger partial charge in [-0.3, -0.25) is 14.2 Å². The molecule has 0 aliphatic heterocycles. The van der Waals surface area contributed by atoms with Crippen molar-refractivity contribution >= 4 is 28.2 Å². The lowest BCUT2D eigenvalue weighted by Crippen LogP contribution is -2.30. The van der Waals surface area contributed by atoms with E-state index in [1.807, 2.05) is 0 Å². The van der Waals surface area contributed by atoms with Crippen LogP contribution in [0.25, 0.3) is 0 Å². The summed E-state index contributed by atoms with van der Waals surface area (Å²) < 4.78 is 6.51. The molecule has 0 saturated carbocycles. The number of anilines is 1. The number of aromatic nitrogens is 2.